The van der Waals surface area contributed by atoms with E-state index in [1.54, 1.807) is 7.11 Å². The quantitative estimate of drug-likeness (QED) is 0.332. The Balaban J connectivity index is 1.74. The molecule has 0 atom stereocenters. The van der Waals surface area contributed by atoms with Crippen LogP contribution in [0.2, 0.25) is 0 Å². The molecule has 0 heterocycles. The highest BCUT2D eigenvalue weighted by molar-refractivity contribution is 5.81. The average Bonchev–Trinajstić information content (AvgIpc) is 2.81. The van der Waals surface area contributed by atoms with E-state index in [1.165, 1.54) is 16.7 Å². The van der Waals surface area contributed by atoms with Crippen molar-refractivity contribution in [2.45, 2.75) is 6.92 Å². The van der Waals surface area contributed by atoms with Gasteiger partial charge in [-0.05, 0) is 78.7 Å². The van der Waals surface area contributed by atoms with Crippen LogP contribution in [0.3, 0.4) is 0 Å². The van der Waals surface area contributed by atoms with Crippen LogP contribution < -0.4 is 9.64 Å². The maximum atomic E-state index is 11.1. The molecule has 3 heteroatoms. The van der Waals surface area contributed by atoms with Gasteiger partial charge in [0.1, 0.15) is 12.0 Å². The molecule has 0 N–H and O–H groups in total. The first-order valence-corrected chi connectivity index (χ1v) is 9.84. The second-order valence-electron chi connectivity index (χ2n) is 7.16. The minimum atomic E-state index is 0.656. The SMILES string of the molecule is COc1ccc(N(c2ccc(C=O)cc2)c2ccc(-c3ccc(C)cc3)cc2)cc1. The van der Waals surface area contributed by atoms with Gasteiger partial charge in [-0.3, -0.25) is 4.79 Å². The highest BCUT2D eigenvalue weighted by atomic mass is 16.5. The second-order valence-corrected chi connectivity index (χ2v) is 7.16. The number of ether oxygens (including phenoxy) is 1. The maximum absolute atomic E-state index is 11.1. The van der Waals surface area contributed by atoms with E-state index in [4.69, 9.17) is 4.74 Å². The van der Waals surface area contributed by atoms with Crippen molar-refractivity contribution >= 4 is 23.3 Å². The molecule has 4 aromatic rings. The van der Waals surface area contributed by atoms with Gasteiger partial charge in [-0.1, -0.05) is 42.0 Å². The molecule has 0 aliphatic rings. The lowest BCUT2D eigenvalue weighted by Gasteiger charge is -2.26. The van der Waals surface area contributed by atoms with Crippen LogP contribution in [0.5, 0.6) is 5.75 Å². The summed E-state index contributed by atoms with van der Waals surface area (Å²) >= 11 is 0. The van der Waals surface area contributed by atoms with Crippen molar-refractivity contribution in [2.75, 3.05) is 12.0 Å². The maximum Gasteiger partial charge on any atom is 0.150 e. The molecule has 0 fully saturated rings. The second kappa shape index (κ2) is 8.66. The first-order chi connectivity index (χ1) is 14.7. The lowest BCUT2D eigenvalue weighted by molar-refractivity contribution is 0.112. The van der Waals surface area contributed by atoms with Crippen molar-refractivity contribution in [3.63, 3.8) is 0 Å². The van der Waals surface area contributed by atoms with Gasteiger partial charge in [0.2, 0.25) is 0 Å². The van der Waals surface area contributed by atoms with E-state index in [9.17, 15) is 4.79 Å². The molecule has 0 aromatic heterocycles. The summed E-state index contributed by atoms with van der Waals surface area (Å²) in [5.74, 6) is 0.810. The fourth-order valence-corrected chi connectivity index (χ4v) is 3.43. The Morgan fingerprint density at radius 3 is 1.53 bits per heavy atom. The molecule has 0 saturated heterocycles. The average molecular weight is 393 g/mol. The van der Waals surface area contributed by atoms with Crippen molar-refractivity contribution in [1.29, 1.82) is 0 Å². The Bertz CT molecular complexity index is 1110. The van der Waals surface area contributed by atoms with Crippen molar-refractivity contribution in [3.8, 4) is 16.9 Å². The summed E-state index contributed by atoms with van der Waals surface area (Å²) < 4.78 is 5.31. The summed E-state index contributed by atoms with van der Waals surface area (Å²) in [7, 11) is 1.66. The van der Waals surface area contributed by atoms with Gasteiger partial charge in [-0.15, -0.1) is 0 Å². The number of hydrogen-bond donors (Lipinski definition) is 0. The third-order valence-corrected chi connectivity index (χ3v) is 5.13. The summed E-state index contributed by atoms with van der Waals surface area (Å²) in [6.07, 6.45) is 0.859. The Morgan fingerprint density at radius 1 is 0.633 bits per heavy atom. The molecule has 3 nitrogen and oxygen atoms in total. The Kier molecular flexibility index (Phi) is 5.62. The van der Waals surface area contributed by atoms with Crippen LogP contribution in [0.4, 0.5) is 17.1 Å². The number of benzene rings is 4. The summed E-state index contributed by atoms with van der Waals surface area (Å²) in [6, 6.07) is 32.6. The van der Waals surface area contributed by atoms with Gasteiger partial charge in [0.15, 0.2) is 0 Å². The minimum Gasteiger partial charge on any atom is -0.497 e. The monoisotopic (exact) mass is 393 g/mol. The van der Waals surface area contributed by atoms with Crippen molar-refractivity contribution < 1.29 is 9.53 Å². The zero-order valence-electron chi connectivity index (χ0n) is 17.1. The van der Waals surface area contributed by atoms with Gasteiger partial charge in [0.25, 0.3) is 0 Å². The normalized spacial score (nSPS) is 10.5. The minimum absolute atomic E-state index is 0.656. The number of aryl methyl sites for hydroxylation is 1. The molecule has 0 spiro atoms. The summed E-state index contributed by atoms with van der Waals surface area (Å²) in [5, 5.41) is 0. The summed E-state index contributed by atoms with van der Waals surface area (Å²) in [6.45, 7) is 2.09. The topological polar surface area (TPSA) is 29.5 Å². The lowest BCUT2D eigenvalue weighted by Crippen LogP contribution is -2.09. The molecule has 0 amide bonds. The third kappa shape index (κ3) is 4.11. The standard InChI is InChI=1S/C27H23NO2/c1-20-3-7-22(8-4-20)23-9-13-25(14-10-23)28(24-11-5-21(19-29)6-12-24)26-15-17-27(30-2)18-16-26/h3-19H,1-2H3. The van der Waals surface area contributed by atoms with Gasteiger partial charge in [-0.25, -0.2) is 0 Å². The Morgan fingerprint density at radius 2 is 1.07 bits per heavy atom. The van der Waals surface area contributed by atoms with Gasteiger partial charge >= 0.3 is 0 Å². The van der Waals surface area contributed by atoms with E-state index >= 15 is 0 Å². The van der Waals surface area contributed by atoms with Crippen LogP contribution in [-0.2, 0) is 0 Å². The molecule has 0 saturated carbocycles. The molecule has 0 aliphatic heterocycles. The predicted octanol–water partition coefficient (Wildman–Crippen LogP) is 6.95. The molecule has 4 aromatic carbocycles. The van der Waals surface area contributed by atoms with Crippen LogP contribution >= 0.6 is 0 Å². The van der Waals surface area contributed by atoms with Gasteiger partial charge in [0.05, 0.1) is 7.11 Å². The van der Waals surface area contributed by atoms with Gasteiger partial charge in [-0.2, -0.15) is 0 Å². The molecular weight excluding hydrogens is 370 g/mol. The predicted molar refractivity (Wildman–Crippen MR) is 123 cm³/mol. The first kappa shape index (κ1) is 19.5. The van der Waals surface area contributed by atoms with E-state index in [2.05, 4.69) is 60.4 Å². The highest BCUT2D eigenvalue weighted by Gasteiger charge is 2.13. The number of hydrogen-bond acceptors (Lipinski definition) is 3. The van der Waals surface area contributed by atoms with E-state index in [0.717, 1.165) is 29.1 Å². The van der Waals surface area contributed by atoms with Gasteiger partial charge < -0.3 is 9.64 Å². The number of aldehydes is 1. The first-order valence-electron chi connectivity index (χ1n) is 9.84. The number of anilines is 3. The zero-order valence-corrected chi connectivity index (χ0v) is 17.1. The fourth-order valence-electron chi connectivity index (χ4n) is 3.43. The molecule has 0 unspecified atom stereocenters. The molecule has 0 radical (unpaired) electrons. The smallest absolute Gasteiger partial charge is 0.150 e. The number of nitrogens with zero attached hydrogens (tertiary/aromatic N) is 1. The number of rotatable bonds is 6. The largest absolute Gasteiger partial charge is 0.497 e. The van der Waals surface area contributed by atoms with Crippen LogP contribution in [0, 0.1) is 6.92 Å². The van der Waals surface area contributed by atoms with Crippen LogP contribution in [0.1, 0.15) is 15.9 Å². The Labute approximate surface area is 177 Å². The van der Waals surface area contributed by atoms with Gasteiger partial charge in [0, 0.05) is 22.6 Å². The Hall–Kier alpha value is -3.85. The molecule has 30 heavy (non-hydrogen) atoms. The summed E-state index contributed by atoms with van der Waals surface area (Å²) in [4.78, 5) is 13.2. The van der Waals surface area contributed by atoms with Crippen molar-refractivity contribution in [1.82, 2.24) is 0 Å². The molecule has 148 valence electrons. The van der Waals surface area contributed by atoms with Crippen LogP contribution in [-0.4, -0.2) is 13.4 Å². The van der Waals surface area contributed by atoms with Crippen molar-refractivity contribution in [3.05, 3.63) is 108 Å². The van der Waals surface area contributed by atoms with Crippen LogP contribution in [0.15, 0.2) is 97.1 Å². The van der Waals surface area contributed by atoms with E-state index in [0.29, 0.717) is 5.56 Å². The molecule has 0 aliphatic carbocycles. The van der Waals surface area contributed by atoms with E-state index < -0.39 is 0 Å². The number of methoxy groups -OCH3 is 1. The third-order valence-electron chi connectivity index (χ3n) is 5.13. The van der Waals surface area contributed by atoms with E-state index in [1.807, 2.05) is 48.5 Å². The zero-order chi connectivity index (χ0) is 20.9. The molecule has 0 bridgehead atoms. The number of carbonyl (C=O) groups is 1. The highest BCUT2D eigenvalue weighted by Crippen LogP contribution is 2.36. The lowest BCUT2D eigenvalue weighted by atomic mass is 10.0. The molecular formula is C27H23NO2. The molecule has 4 rings (SSSR count). The summed E-state index contributed by atoms with van der Waals surface area (Å²) in [5.41, 5.74) is 7.30. The van der Waals surface area contributed by atoms with Crippen molar-refractivity contribution in [2.24, 2.45) is 0 Å². The van der Waals surface area contributed by atoms with Crippen LogP contribution in [0.25, 0.3) is 11.1 Å². The number of carbonyl (C=O) groups excluding carboxylic acids is 1. The van der Waals surface area contributed by atoms with E-state index in [-0.39, 0.29) is 0 Å². The fraction of sp³-hybridized carbons (Fsp3) is 0.0741.